The average Bonchev–Trinajstić information content (AvgIpc) is 2.69. The van der Waals surface area contributed by atoms with Gasteiger partial charge in [0.15, 0.2) is 0 Å². The molecule has 1 aromatic carbocycles. The van der Waals surface area contributed by atoms with Crippen LogP contribution in [0.3, 0.4) is 0 Å². The molecule has 0 spiro atoms. The molecule has 1 unspecified atom stereocenters. The van der Waals surface area contributed by atoms with E-state index < -0.39 is 0 Å². The normalized spacial score (nSPS) is 26.2. The molecule has 2 fully saturated rings. The van der Waals surface area contributed by atoms with Crippen LogP contribution in [0, 0.1) is 0 Å². The Balaban J connectivity index is 1.60. The summed E-state index contributed by atoms with van der Waals surface area (Å²) in [7, 11) is 0. The van der Waals surface area contributed by atoms with E-state index in [2.05, 4.69) is 45.3 Å². The van der Waals surface area contributed by atoms with Crippen LogP contribution < -0.4 is 4.90 Å². The second-order valence-corrected chi connectivity index (χ2v) is 7.83. The zero-order chi connectivity index (χ0) is 18.0. The molecular formula is C22H35N3O. The van der Waals surface area contributed by atoms with Crippen LogP contribution in [0.25, 0.3) is 0 Å². The Morgan fingerprint density at radius 1 is 0.769 bits per heavy atom. The summed E-state index contributed by atoms with van der Waals surface area (Å²) in [5.74, 6) is 0. The summed E-state index contributed by atoms with van der Waals surface area (Å²) in [6.45, 7) is 4.22. The van der Waals surface area contributed by atoms with E-state index in [1.807, 2.05) is 0 Å². The zero-order valence-corrected chi connectivity index (χ0v) is 16.2. The van der Waals surface area contributed by atoms with E-state index in [4.69, 9.17) is 0 Å². The summed E-state index contributed by atoms with van der Waals surface area (Å²) in [5, 5.41) is 13.4. The molecule has 144 valence electrons. The Hall–Kier alpha value is -1.55. The average molecular weight is 358 g/mol. The summed E-state index contributed by atoms with van der Waals surface area (Å²) >= 11 is 0. The van der Waals surface area contributed by atoms with Crippen molar-refractivity contribution in [3.63, 3.8) is 0 Å². The summed E-state index contributed by atoms with van der Waals surface area (Å²) in [4.78, 5) is 5.04. The highest BCUT2D eigenvalue weighted by atomic mass is 16.4. The number of para-hydroxylation sites is 1. The predicted molar refractivity (Wildman–Crippen MR) is 109 cm³/mol. The van der Waals surface area contributed by atoms with Crippen LogP contribution in [0.5, 0.6) is 0 Å². The van der Waals surface area contributed by atoms with Crippen molar-refractivity contribution in [2.45, 2.75) is 70.3 Å². The molecule has 1 saturated heterocycles. The Labute approximate surface area is 158 Å². The van der Waals surface area contributed by atoms with E-state index in [-0.39, 0.29) is 0 Å². The second kappa shape index (κ2) is 10.6. The zero-order valence-electron chi connectivity index (χ0n) is 16.2. The predicted octanol–water partition coefficient (Wildman–Crippen LogP) is 4.92. The van der Waals surface area contributed by atoms with Gasteiger partial charge in [-0.15, -0.1) is 0 Å². The lowest BCUT2D eigenvalue weighted by atomic mass is 9.95. The first-order valence-electron chi connectivity index (χ1n) is 10.6. The first kappa shape index (κ1) is 19.2. The highest BCUT2D eigenvalue weighted by Gasteiger charge is 2.27. The topological polar surface area (TPSA) is 39.1 Å². The van der Waals surface area contributed by atoms with E-state index in [9.17, 15) is 5.21 Å². The minimum atomic E-state index is 0.331. The standard InChI is InChI=1S/C22H35N3O/c26-23-21-14-10-5-3-1-2-4-6-11-15-22(21)25-18-16-24(17-19-25)20-12-8-7-9-13-20/h7-9,12-13,22,26H,1-6,10-11,14-19H2/b23-21-. The number of hydrogen-bond donors (Lipinski definition) is 1. The van der Waals surface area contributed by atoms with Gasteiger partial charge in [-0.1, -0.05) is 68.3 Å². The van der Waals surface area contributed by atoms with Crippen molar-refractivity contribution in [3.8, 4) is 0 Å². The van der Waals surface area contributed by atoms with Gasteiger partial charge in [0.2, 0.25) is 0 Å². The monoisotopic (exact) mass is 357 g/mol. The number of oxime groups is 1. The van der Waals surface area contributed by atoms with Crippen molar-refractivity contribution in [1.29, 1.82) is 0 Å². The molecule has 1 aliphatic heterocycles. The van der Waals surface area contributed by atoms with E-state index >= 15 is 0 Å². The summed E-state index contributed by atoms with van der Waals surface area (Å²) in [5.41, 5.74) is 2.35. The Morgan fingerprint density at radius 3 is 2.04 bits per heavy atom. The number of rotatable bonds is 2. The van der Waals surface area contributed by atoms with Gasteiger partial charge in [0.1, 0.15) is 0 Å². The minimum Gasteiger partial charge on any atom is -0.411 e. The number of benzene rings is 1. The molecular weight excluding hydrogens is 322 g/mol. The van der Waals surface area contributed by atoms with Crippen LogP contribution in [-0.4, -0.2) is 48.0 Å². The fraction of sp³-hybridized carbons (Fsp3) is 0.682. The van der Waals surface area contributed by atoms with Crippen molar-refractivity contribution in [1.82, 2.24) is 4.90 Å². The number of hydrogen-bond acceptors (Lipinski definition) is 4. The molecule has 1 atom stereocenters. The Kier molecular flexibility index (Phi) is 7.81. The molecule has 1 N–H and O–H groups in total. The Morgan fingerprint density at radius 2 is 1.38 bits per heavy atom. The molecule has 2 aliphatic rings. The van der Waals surface area contributed by atoms with Gasteiger partial charge in [-0.2, -0.15) is 0 Å². The van der Waals surface area contributed by atoms with Gasteiger partial charge in [-0.25, -0.2) is 0 Å². The highest BCUT2D eigenvalue weighted by molar-refractivity contribution is 5.89. The van der Waals surface area contributed by atoms with Crippen LogP contribution in [0.4, 0.5) is 5.69 Å². The van der Waals surface area contributed by atoms with Crippen molar-refractivity contribution < 1.29 is 5.21 Å². The fourth-order valence-corrected chi connectivity index (χ4v) is 4.48. The van der Waals surface area contributed by atoms with E-state index in [0.29, 0.717) is 6.04 Å². The van der Waals surface area contributed by atoms with Gasteiger partial charge in [-0.05, 0) is 31.4 Å². The van der Waals surface area contributed by atoms with E-state index in [0.717, 1.165) is 44.7 Å². The first-order chi connectivity index (χ1) is 12.9. The highest BCUT2D eigenvalue weighted by Crippen LogP contribution is 2.22. The molecule has 0 bridgehead atoms. The van der Waals surface area contributed by atoms with E-state index in [1.54, 1.807) is 0 Å². The quantitative estimate of drug-likeness (QED) is 0.603. The number of anilines is 1. The van der Waals surface area contributed by atoms with Gasteiger partial charge in [0.05, 0.1) is 11.8 Å². The number of piperazine rings is 1. The van der Waals surface area contributed by atoms with Crippen LogP contribution in [0.2, 0.25) is 0 Å². The molecule has 0 radical (unpaired) electrons. The second-order valence-electron chi connectivity index (χ2n) is 7.83. The maximum Gasteiger partial charge on any atom is 0.0742 e. The molecule has 0 aromatic heterocycles. The summed E-state index contributed by atoms with van der Waals surface area (Å²) in [6.07, 6.45) is 12.6. The van der Waals surface area contributed by atoms with Crippen molar-refractivity contribution in [2.75, 3.05) is 31.1 Å². The van der Waals surface area contributed by atoms with Gasteiger partial charge in [-0.3, -0.25) is 4.90 Å². The molecule has 1 aromatic rings. The largest absolute Gasteiger partial charge is 0.411 e. The van der Waals surface area contributed by atoms with Crippen molar-refractivity contribution >= 4 is 11.4 Å². The van der Waals surface area contributed by atoms with Crippen LogP contribution in [0.1, 0.15) is 64.2 Å². The lowest BCUT2D eigenvalue weighted by molar-refractivity contribution is 0.208. The fourth-order valence-electron chi connectivity index (χ4n) is 4.48. The lowest BCUT2D eigenvalue weighted by Crippen LogP contribution is -2.52. The minimum absolute atomic E-state index is 0.331. The van der Waals surface area contributed by atoms with Gasteiger partial charge >= 0.3 is 0 Å². The third kappa shape index (κ3) is 5.47. The van der Waals surface area contributed by atoms with Crippen LogP contribution >= 0.6 is 0 Å². The smallest absolute Gasteiger partial charge is 0.0742 e. The molecule has 4 nitrogen and oxygen atoms in total. The third-order valence-corrected chi connectivity index (χ3v) is 6.05. The molecule has 3 rings (SSSR count). The molecule has 1 saturated carbocycles. The van der Waals surface area contributed by atoms with Crippen LogP contribution in [0.15, 0.2) is 35.5 Å². The summed E-state index contributed by atoms with van der Waals surface area (Å²) in [6, 6.07) is 11.0. The molecule has 4 heteroatoms. The summed E-state index contributed by atoms with van der Waals surface area (Å²) < 4.78 is 0. The van der Waals surface area contributed by atoms with Gasteiger partial charge < -0.3 is 10.1 Å². The van der Waals surface area contributed by atoms with Crippen molar-refractivity contribution in [2.24, 2.45) is 5.16 Å². The number of nitrogens with zero attached hydrogens (tertiary/aromatic N) is 3. The van der Waals surface area contributed by atoms with Gasteiger partial charge in [0.25, 0.3) is 0 Å². The Bertz CT molecular complexity index is 538. The molecule has 1 heterocycles. The molecule has 0 amide bonds. The van der Waals surface area contributed by atoms with E-state index in [1.165, 1.54) is 57.1 Å². The molecule has 1 aliphatic carbocycles. The van der Waals surface area contributed by atoms with Crippen LogP contribution in [-0.2, 0) is 0 Å². The maximum atomic E-state index is 9.68. The molecule has 26 heavy (non-hydrogen) atoms. The maximum absolute atomic E-state index is 9.68. The SMILES string of the molecule is O/N=C1/CCCCCCCCCCC1N1CCN(c2ccccc2)CC1. The van der Waals surface area contributed by atoms with Crippen molar-refractivity contribution in [3.05, 3.63) is 30.3 Å². The lowest BCUT2D eigenvalue weighted by Gasteiger charge is -2.40. The van der Waals surface area contributed by atoms with Gasteiger partial charge in [0, 0.05) is 31.9 Å². The first-order valence-corrected chi connectivity index (χ1v) is 10.6. The third-order valence-electron chi connectivity index (χ3n) is 6.05.